The van der Waals surface area contributed by atoms with Gasteiger partial charge in [-0.3, -0.25) is 4.79 Å². The molecule has 3 aromatic rings. The van der Waals surface area contributed by atoms with Crippen LogP contribution in [0, 0.1) is 13.8 Å². The summed E-state index contributed by atoms with van der Waals surface area (Å²) in [6.45, 7) is 5.20. The van der Waals surface area contributed by atoms with Crippen molar-refractivity contribution in [2.75, 3.05) is 26.2 Å². The summed E-state index contributed by atoms with van der Waals surface area (Å²) in [5, 5.41) is 3.07. The highest BCUT2D eigenvalue weighted by atomic mass is 35.5. The van der Waals surface area contributed by atoms with Crippen LogP contribution in [0.15, 0.2) is 52.7 Å². The van der Waals surface area contributed by atoms with Gasteiger partial charge in [0.15, 0.2) is 0 Å². The Morgan fingerprint density at radius 2 is 1.71 bits per heavy atom. The van der Waals surface area contributed by atoms with Gasteiger partial charge in [-0.05, 0) is 43.7 Å². The molecule has 2 aromatic carbocycles. The molecule has 31 heavy (non-hydrogen) atoms. The molecule has 1 aliphatic rings. The molecule has 1 saturated heterocycles. The number of piperazine rings is 1. The van der Waals surface area contributed by atoms with Crippen LogP contribution in [0.1, 0.15) is 21.6 Å². The Bertz CT molecular complexity index is 1220. The molecule has 0 atom stereocenters. The van der Waals surface area contributed by atoms with Crippen LogP contribution in [0.25, 0.3) is 10.6 Å². The maximum absolute atomic E-state index is 12.9. The molecule has 0 aliphatic carbocycles. The van der Waals surface area contributed by atoms with Crippen LogP contribution in [0.2, 0.25) is 5.02 Å². The van der Waals surface area contributed by atoms with E-state index in [1.807, 2.05) is 26.0 Å². The third-order valence-electron chi connectivity index (χ3n) is 5.31. The largest absolute Gasteiger partial charge is 0.335 e. The number of amides is 1. The number of rotatable bonds is 4. The maximum Gasteiger partial charge on any atom is 0.273 e. The Kier molecular flexibility index (Phi) is 6.16. The number of hydrogen-bond acceptors (Lipinski definition) is 5. The molecule has 1 aliphatic heterocycles. The molecule has 1 aromatic heterocycles. The summed E-state index contributed by atoms with van der Waals surface area (Å²) in [6, 6.07) is 12.3. The Labute approximate surface area is 191 Å². The second-order valence-corrected chi connectivity index (χ2v) is 10.7. The van der Waals surface area contributed by atoms with E-state index in [1.165, 1.54) is 33.3 Å². The third kappa shape index (κ3) is 4.52. The minimum Gasteiger partial charge on any atom is -0.335 e. The zero-order chi connectivity index (χ0) is 22.2. The van der Waals surface area contributed by atoms with Gasteiger partial charge in [0, 0.05) is 42.1 Å². The van der Waals surface area contributed by atoms with Crippen LogP contribution < -0.4 is 0 Å². The molecule has 6 nitrogen and oxygen atoms in total. The normalized spacial score (nSPS) is 15.3. The first kappa shape index (κ1) is 22.0. The fraction of sp³-hybridized carbons (Fsp3) is 0.273. The average Bonchev–Trinajstić information content (AvgIpc) is 3.23. The van der Waals surface area contributed by atoms with Crippen molar-refractivity contribution in [2.45, 2.75) is 18.7 Å². The van der Waals surface area contributed by atoms with Crippen molar-refractivity contribution in [2.24, 2.45) is 0 Å². The van der Waals surface area contributed by atoms with E-state index < -0.39 is 10.0 Å². The van der Waals surface area contributed by atoms with E-state index in [4.69, 9.17) is 11.6 Å². The Morgan fingerprint density at radius 1 is 1.03 bits per heavy atom. The highest BCUT2D eigenvalue weighted by Crippen LogP contribution is 2.28. The molecule has 1 amide bonds. The first-order chi connectivity index (χ1) is 14.8. The van der Waals surface area contributed by atoms with E-state index in [2.05, 4.69) is 11.1 Å². The van der Waals surface area contributed by atoms with Crippen molar-refractivity contribution >= 4 is 38.9 Å². The molecular formula is C22H22ClN3O3S2. The van der Waals surface area contributed by atoms with Crippen molar-refractivity contribution in [1.82, 2.24) is 14.2 Å². The lowest BCUT2D eigenvalue weighted by Crippen LogP contribution is -2.50. The Hall–Kier alpha value is -2.26. The number of thiazole rings is 1. The molecule has 0 spiro atoms. The molecule has 0 N–H and O–H groups in total. The van der Waals surface area contributed by atoms with Crippen molar-refractivity contribution in [3.63, 3.8) is 0 Å². The molecule has 4 rings (SSSR count). The average molecular weight is 476 g/mol. The van der Waals surface area contributed by atoms with Crippen LogP contribution in [-0.4, -0.2) is 54.7 Å². The van der Waals surface area contributed by atoms with Crippen molar-refractivity contribution < 1.29 is 13.2 Å². The van der Waals surface area contributed by atoms with Gasteiger partial charge in [-0.2, -0.15) is 4.31 Å². The molecule has 162 valence electrons. The number of carbonyl (C=O) groups is 1. The minimum absolute atomic E-state index is 0.171. The second kappa shape index (κ2) is 8.70. The number of aryl methyl sites for hydroxylation is 2. The summed E-state index contributed by atoms with van der Waals surface area (Å²) in [7, 11) is -3.61. The topological polar surface area (TPSA) is 70.6 Å². The summed E-state index contributed by atoms with van der Waals surface area (Å²) < 4.78 is 27.1. The number of carbonyl (C=O) groups excluding carboxylic acids is 1. The van der Waals surface area contributed by atoms with E-state index in [9.17, 15) is 13.2 Å². The lowest BCUT2D eigenvalue weighted by molar-refractivity contribution is 0.0693. The third-order valence-corrected chi connectivity index (χ3v) is 8.35. The van der Waals surface area contributed by atoms with Crippen LogP contribution in [-0.2, 0) is 10.0 Å². The van der Waals surface area contributed by atoms with Crippen LogP contribution in [0.4, 0.5) is 0 Å². The highest BCUT2D eigenvalue weighted by molar-refractivity contribution is 7.89. The van der Waals surface area contributed by atoms with Gasteiger partial charge in [0.1, 0.15) is 10.7 Å². The zero-order valence-electron chi connectivity index (χ0n) is 17.2. The maximum atomic E-state index is 12.9. The first-order valence-corrected chi connectivity index (χ1v) is 12.5. The van der Waals surface area contributed by atoms with Gasteiger partial charge in [-0.25, -0.2) is 13.4 Å². The van der Waals surface area contributed by atoms with Crippen molar-refractivity contribution in [3.05, 3.63) is 69.7 Å². The lowest BCUT2D eigenvalue weighted by Gasteiger charge is -2.33. The number of benzene rings is 2. The molecule has 9 heteroatoms. The summed E-state index contributed by atoms with van der Waals surface area (Å²) in [5.74, 6) is -0.171. The number of halogens is 1. The number of nitrogens with zero attached hydrogens (tertiary/aromatic N) is 3. The zero-order valence-corrected chi connectivity index (χ0v) is 19.6. The van der Waals surface area contributed by atoms with Crippen LogP contribution in [0.5, 0.6) is 0 Å². The lowest BCUT2D eigenvalue weighted by atomic mass is 10.1. The van der Waals surface area contributed by atoms with Gasteiger partial charge in [-0.1, -0.05) is 35.4 Å². The standard InChI is InChI=1S/C22H22ClN3O3S2/c1-15-3-8-19(16(2)13-15)21-24-20(14-30-21)22(27)25-9-11-26(12-10-25)31(28,29)18-6-4-17(23)5-7-18/h3-8,13-14H,9-12H2,1-2H3. The fourth-order valence-electron chi connectivity index (χ4n) is 3.60. The van der Waals surface area contributed by atoms with Gasteiger partial charge < -0.3 is 4.90 Å². The molecule has 0 saturated carbocycles. The monoisotopic (exact) mass is 475 g/mol. The predicted molar refractivity (Wildman–Crippen MR) is 123 cm³/mol. The van der Waals surface area contributed by atoms with Gasteiger partial charge in [0.2, 0.25) is 10.0 Å². The Balaban J connectivity index is 1.44. The molecule has 1 fully saturated rings. The minimum atomic E-state index is -3.61. The van der Waals surface area contributed by atoms with Gasteiger partial charge in [0.25, 0.3) is 5.91 Å². The van der Waals surface area contributed by atoms with E-state index >= 15 is 0 Å². The first-order valence-electron chi connectivity index (χ1n) is 9.84. The SMILES string of the molecule is Cc1ccc(-c2nc(C(=O)N3CCN(S(=O)(=O)c4ccc(Cl)cc4)CC3)cs2)c(C)c1. The molecule has 0 radical (unpaired) electrons. The van der Waals surface area contributed by atoms with E-state index in [0.29, 0.717) is 23.8 Å². The van der Waals surface area contributed by atoms with E-state index in [0.717, 1.165) is 16.1 Å². The van der Waals surface area contributed by atoms with Gasteiger partial charge in [-0.15, -0.1) is 11.3 Å². The molecule has 2 heterocycles. The smallest absolute Gasteiger partial charge is 0.273 e. The highest BCUT2D eigenvalue weighted by Gasteiger charge is 2.31. The molecule has 0 bridgehead atoms. The fourth-order valence-corrected chi connectivity index (χ4v) is 6.03. The second-order valence-electron chi connectivity index (χ2n) is 7.51. The summed E-state index contributed by atoms with van der Waals surface area (Å²) in [4.78, 5) is 19.4. The number of sulfonamides is 1. The summed E-state index contributed by atoms with van der Waals surface area (Å²) in [5.41, 5.74) is 3.72. The van der Waals surface area contributed by atoms with Crippen LogP contribution in [0.3, 0.4) is 0 Å². The number of aromatic nitrogens is 1. The number of hydrogen-bond donors (Lipinski definition) is 0. The van der Waals surface area contributed by atoms with Gasteiger partial charge in [0.05, 0.1) is 4.90 Å². The Morgan fingerprint density at radius 3 is 2.35 bits per heavy atom. The summed E-state index contributed by atoms with van der Waals surface area (Å²) in [6.07, 6.45) is 0. The van der Waals surface area contributed by atoms with Crippen LogP contribution >= 0.6 is 22.9 Å². The van der Waals surface area contributed by atoms with Crippen molar-refractivity contribution in [1.29, 1.82) is 0 Å². The van der Waals surface area contributed by atoms with Gasteiger partial charge >= 0.3 is 0 Å². The quantitative estimate of drug-likeness (QED) is 0.566. The summed E-state index contributed by atoms with van der Waals surface area (Å²) >= 11 is 7.30. The van der Waals surface area contributed by atoms with Crippen molar-refractivity contribution in [3.8, 4) is 10.6 Å². The van der Waals surface area contributed by atoms with E-state index in [-0.39, 0.29) is 23.9 Å². The van der Waals surface area contributed by atoms with E-state index in [1.54, 1.807) is 22.4 Å². The predicted octanol–water partition coefficient (Wildman–Crippen LogP) is 4.23. The molecule has 0 unspecified atom stereocenters. The molecular weight excluding hydrogens is 454 g/mol.